The lowest BCUT2D eigenvalue weighted by Gasteiger charge is -2.31. The van der Waals surface area contributed by atoms with E-state index in [0.717, 1.165) is 0 Å². The van der Waals surface area contributed by atoms with Crippen LogP contribution in [0.2, 0.25) is 0 Å². The maximum atomic E-state index is 14.8. The smallest absolute Gasteiger partial charge is 0.295 e. The molecule has 2 aliphatic rings. The van der Waals surface area contributed by atoms with Gasteiger partial charge in [-0.25, -0.2) is 14.4 Å². The van der Waals surface area contributed by atoms with Crippen molar-refractivity contribution in [3.63, 3.8) is 0 Å². The van der Waals surface area contributed by atoms with Gasteiger partial charge in [0, 0.05) is 37.9 Å². The van der Waals surface area contributed by atoms with Crippen molar-refractivity contribution in [3.05, 3.63) is 64.5 Å². The van der Waals surface area contributed by atoms with Gasteiger partial charge in [-0.2, -0.15) is 0 Å². The molecular weight excluding hydrogens is 415 g/mol. The van der Waals surface area contributed by atoms with E-state index in [0.29, 0.717) is 44.4 Å². The fourth-order valence-electron chi connectivity index (χ4n) is 4.17. The van der Waals surface area contributed by atoms with Crippen LogP contribution < -0.4 is 0 Å². The molecule has 0 bridgehead atoms. The van der Waals surface area contributed by atoms with Crippen molar-refractivity contribution in [2.45, 2.75) is 19.9 Å². The third-order valence-electron chi connectivity index (χ3n) is 5.86. The predicted octanol–water partition coefficient (Wildman–Crippen LogP) is 1.99. The largest absolute Gasteiger partial charge is 0.507 e. The SMILES string of the molecule is Cc1ncc(C(O)=C2C(=O)C(=O)N(CCN3CCOCC3)[C@@H]2c2ccccc2F)c(C)n1. The average molecular weight is 440 g/mol. The second-order valence-corrected chi connectivity index (χ2v) is 7.88. The lowest BCUT2D eigenvalue weighted by atomic mass is 9.95. The number of halogens is 1. The normalized spacial score (nSPS) is 21.3. The van der Waals surface area contributed by atoms with Gasteiger partial charge in [0.1, 0.15) is 17.4 Å². The molecule has 2 aliphatic heterocycles. The van der Waals surface area contributed by atoms with Gasteiger partial charge < -0.3 is 14.7 Å². The lowest BCUT2D eigenvalue weighted by Crippen LogP contribution is -2.42. The number of aliphatic hydroxyl groups is 1. The highest BCUT2D eigenvalue weighted by molar-refractivity contribution is 6.46. The Balaban J connectivity index is 1.78. The number of nitrogens with zero attached hydrogens (tertiary/aromatic N) is 4. The first-order valence-electron chi connectivity index (χ1n) is 10.5. The summed E-state index contributed by atoms with van der Waals surface area (Å²) in [6, 6.07) is 4.94. The quantitative estimate of drug-likeness (QED) is 0.432. The number of benzene rings is 1. The van der Waals surface area contributed by atoms with Gasteiger partial charge >= 0.3 is 0 Å². The zero-order valence-electron chi connectivity index (χ0n) is 18.0. The van der Waals surface area contributed by atoms with Crippen molar-refractivity contribution in [2.75, 3.05) is 39.4 Å². The summed E-state index contributed by atoms with van der Waals surface area (Å²) in [6.07, 6.45) is 1.41. The number of morpholine rings is 1. The van der Waals surface area contributed by atoms with Crippen molar-refractivity contribution in [2.24, 2.45) is 0 Å². The Labute approximate surface area is 185 Å². The number of ether oxygens (including phenoxy) is 1. The van der Waals surface area contributed by atoms with Crippen LogP contribution in [0.3, 0.4) is 0 Å². The molecule has 1 atom stereocenters. The molecule has 0 spiro atoms. The molecule has 0 unspecified atom stereocenters. The molecule has 1 N–H and O–H groups in total. The number of hydrogen-bond acceptors (Lipinski definition) is 7. The summed E-state index contributed by atoms with van der Waals surface area (Å²) in [7, 11) is 0. The van der Waals surface area contributed by atoms with Gasteiger partial charge in [-0.05, 0) is 19.9 Å². The fourth-order valence-corrected chi connectivity index (χ4v) is 4.17. The van der Waals surface area contributed by atoms with E-state index < -0.39 is 29.3 Å². The zero-order valence-corrected chi connectivity index (χ0v) is 18.0. The average Bonchev–Trinajstić information content (AvgIpc) is 3.03. The monoisotopic (exact) mass is 440 g/mol. The number of aliphatic hydroxyl groups excluding tert-OH is 1. The Morgan fingerprint density at radius 3 is 2.59 bits per heavy atom. The van der Waals surface area contributed by atoms with Gasteiger partial charge in [-0.3, -0.25) is 14.5 Å². The Hall–Kier alpha value is -3.17. The Bertz CT molecular complexity index is 1080. The van der Waals surface area contributed by atoms with Crippen LogP contribution in [0.15, 0.2) is 36.0 Å². The first-order valence-corrected chi connectivity index (χ1v) is 10.5. The molecule has 168 valence electrons. The van der Waals surface area contributed by atoms with Crippen molar-refractivity contribution >= 4 is 17.4 Å². The number of aromatic nitrogens is 2. The molecule has 2 saturated heterocycles. The highest BCUT2D eigenvalue weighted by Gasteiger charge is 2.47. The summed E-state index contributed by atoms with van der Waals surface area (Å²) in [6.45, 7) is 6.74. The maximum absolute atomic E-state index is 14.8. The summed E-state index contributed by atoms with van der Waals surface area (Å²) in [5.74, 6) is -2.06. The van der Waals surface area contributed by atoms with Gasteiger partial charge in [0.05, 0.1) is 36.1 Å². The summed E-state index contributed by atoms with van der Waals surface area (Å²) in [4.78, 5) is 37.8. The molecule has 1 aromatic heterocycles. The second kappa shape index (κ2) is 9.13. The van der Waals surface area contributed by atoms with Gasteiger partial charge in [-0.1, -0.05) is 18.2 Å². The molecule has 3 heterocycles. The van der Waals surface area contributed by atoms with Crippen LogP contribution in [-0.2, 0) is 14.3 Å². The number of Topliss-reactive ketones (excluding diaryl/α,β-unsaturated/α-hetero) is 1. The molecule has 9 heteroatoms. The molecule has 0 saturated carbocycles. The molecule has 1 aromatic carbocycles. The topological polar surface area (TPSA) is 95.9 Å². The van der Waals surface area contributed by atoms with E-state index in [1.807, 2.05) is 0 Å². The maximum Gasteiger partial charge on any atom is 0.295 e. The Morgan fingerprint density at radius 2 is 1.91 bits per heavy atom. The van der Waals surface area contributed by atoms with Crippen molar-refractivity contribution < 1.29 is 23.8 Å². The van der Waals surface area contributed by atoms with Crippen LogP contribution in [0.4, 0.5) is 4.39 Å². The number of likely N-dealkylation sites (tertiary alicyclic amines) is 1. The number of carbonyl (C=O) groups is 2. The molecule has 0 aliphatic carbocycles. The standard InChI is InChI=1S/C23H25FN4O4/c1-14-17(13-25-15(2)26-14)21(29)19-20(16-5-3-4-6-18(16)24)28(23(31)22(19)30)8-7-27-9-11-32-12-10-27/h3-6,13,20,29H,7-12H2,1-2H3/t20-/m1/s1. The molecule has 4 rings (SSSR count). The van der Waals surface area contributed by atoms with E-state index in [4.69, 9.17) is 4.74 Å². The van der Waals surface area contributed by atoms with E-state index >= 15 is 0 Å². The van der Waals surface area contributed by atoms with E-state index in [1.54, 1.807) is 19.9 Å². The summed E-state index contributed by atoms with van der Waals surface area (Å²) in [5.41, 5.74) is 0.698. The number of ketones is 1. The van der Waals surface area contributed by atoms with Crippen LogP contribution in [0.25, 0.3) is 5.76 Å². The van der Waals surface area contributed by atoms with E-state index in [2.05, 4.69) is 14.9 Å². The molecule has 2 fully saturated rings. The Morgan fingerprint density at radius 1 is 1.19 bits per heavy atom. The summed E-state index contributed by atoms with van der Waals surface area (Å²) < 4.78 is 20.2. The minimum atomic E-state index is -1.04. The predicted molar refractivity (Wildman–Crippen MR) is 114 cm³/mol. The number of carbonyl (C=O) groups excluding carboxylic acids is 2. The number of aryl methyl sites for hydroxylation is 2. The zero-order chi connectivity index (χ0) is 22.8. The molecule has 32 heavy (non-hydrogen) atoms. The third-order valence-corrected chi connectivity index (χ3v) is 5.86. The number of amides is 1. The van der Waals surface area contributed by atoms with Crippen molar-refractivity contribution in [1.82, 2.24) is 19.8 Å². The fraction of sp³-hybridized carbons (Fsp3) is 0.391. The van der Waals surface area contributed by atoms with Crippen LogP contribution in [-0.4, -0.2) is 76.0 Å². The summed E-state index contributed by atoms with van der Waals surface area (Å²) in [5, 5.41) is 11.1. The van der Waals surface area contributed by atoms with Gasteiger partial charge in [0.25, 0.3) is 11.7 Å². The minimum Gasteiger partial charge on any atom is -0.507 e. The third kappa shape index (κ3) is 4.13. The van der Waals surface area contributed by atoms with Crippen LogP contribution >= 0.6 is 0 Å². The van der Waals surface area contributed by atoms with Gasteiger partial charge in [0.15, 0.2) is 0 Å². The first kappa shape index (κ1) is 22.0. The second-order valence-electron chi connectivity index (χ2n) is 7.88. The van der Waals surface area contributed by atoms with E-state index in [9.17, 15) is 19.1 Å². The highest BCUT2D eigenvalue weighted by Crippen LogP contribution is 2.40. The van der Waals surface area contributed by atoms with Crippen molar-refractivity contribution in [1.29, 1.82) is 0 Å². The van der Waals surface area contributed by atoms with Crippen LogP contribution in [0.1, 0.15) is 28.7 Å². The lowest BCUT2D eigenvalue weighted by molar-refractivity contribution is -0.140. The summed E-state index contributed by atoms with van der Waals surface area (Å²) >= 11 is 0. The van der Waals surface area contributed by atoms with Crippen LogP contribution in [0.5, 0.6) is 0 Å². The number of rotatable bonds is 5. The highest BCUT2D eigenvalue weighted by atomic mass is 19.1. The van der Waals surface area contributed by atoms with E-state index in [1.165, 1.54) is 29.3 Å². The van der Waals surface area contributed by atoms with Gasteiger partial charge in [0.2, 0.25) is 0 Å². The molecule has 1 amide bonds. The minimum absolute atomic E-state index is 0.154. The van der Waals surface area contributed by atoms with E-state index in [-0.39, 0.29) is 23.2 Å². The first-order chi connectivity index (χ1) is 15.4. The van der Waals surface area contributed by atoms with Crippen molar-refractivity contribution in [3.8, 4) is 0 Å². The molecule has 2 aromatic rings. The molecular formula is C23H25FN4O4. The number of hydrogen-bond donors (Lipinski definition) is 1. The molecule has 8 nitrogen and oxygen atoms in total. The van der Waals surface area contributed by atoms with Gasteiger partial charge in [-0.15, -0.1) is 0 Å². The van der Waals surface area contributed by atoms with Crippen LogP contribution in [0, 0.1) is 19.7 Å². The Kier molecular flexibility index (Phi) is 6.29. The molecule has 0 radical (unpaired) electrons.